The number of benzene rings is 1. The highest BCUT2D eigenvalue weighted by Gasteiger charge is 2.36. The van der Waals surface area contributed by atoms with E-state index < -0.39 is 23.9 Å². The molecule has 0 aliphatic carbocycles. The molecule has 1 aliphatic heterocycles. The van der Waals surface area contributed by atoms with Gasteiger partial charge in [-0.1, -0.05) is 30.7 Å². The predicted octanol–water partition coefficient (Wildman–Crippen LogP) is 1.75. The maximum Gasteiger partial charge on any atom is 0.316 e. The van der Waals surface area contributed by atoms with Gasteiger partial charge < -0.3 is 10.2 Å². The molecule has 0 saturated heterocycles. The number of hydrogen-bond donors (Lipinski definition) is 2. The average molecular weight is 325 g/mol. The third kappa shape index (κ3) is 3.64. The summed E-state index contributed by atoms with van der Waals surface area (Å²) >= 11 is 5.84. The Kier molecular flexibility index (Phi) is 5.15. The summed E-state index contributed by atoms with van der Waals surface area (Å²) in [5.74, 6) is -2.98. The number of carboxylic acid groups (broad SMARTS) is 1. The molecule has 7 heteroatoms. The Labute approximate surface area is 133 Å². The number of aliphatic hydroxyl groups is 1. The normalized spacial score (nSPS) is 19.8. The van der Waals surface area contributed by atoms with Gasteiger partial charge in [0.25, 0.3) is 5.91 Å². The van der Waals surface area contributed by atoms with Crippen molar-refractivity contribution in [2.24, 2.45) is 11.0 Å². The van der Waals surface area contributed by atoms with Crippen LogP contribution in [0.15, 0.2) is 29.4 Å². The predicted molar refractivity (Wildman–Crippen MR) is 81.7 cm³/mol. The Balaban J connectivity index is 2.34. The van der Waals surface area contributed by atoms with Crippen molar-refractivity contribution in [3.63, 3.8) is 0 Å². The molecular formula is C15H17ClN2O4. The molecule has 2 atom stereocenters. The fourth-order valence-corrected chi connectivity index (χ4v) is 2.29. The molecule has 0 fully saturated rings. The highest BCUT2D eigenvalue weighted by Crippen LogP contribution is 2.22. The molecule has 0 radical (unpaired) electrons. The molecule has 1 aromatic rings. The van der Waals surface area contributed by atoms with Crippen molar-refractivity contribution >= 4 is 29.2 Å². The van der Waals surface area contributed by atoms with Crippen LogP contribution in [0.25, 0.3) is 0 Å². The van der Waals surface area contributed by atoms with E-state index in [0.717, 1.165) is 5.01 Å². The molecule has 0 saturated carbocycles. The molecule has 0 spiro atoms. The minimum Gasteiger partial charge on any atom is -0.481 e. The number of β-amino-alcohol motifs (C(OH)–C–C–N with tert-alkyl or cyclic N) is 1. The Bertz CT molecular complexity index is 600. The van der Waals surface area contributed by atoms with Crippen molar-refractivity contribution in [1.29, 1.82) is 0 Å². The van der Waals surface area contributed by atoms with Crippen LogP contribution in [-0.4, -0.2) is 45.5 Å². The van der Waals surface area contributed by atoms with Gasteiger partial charge in [0, 0.05) is 11.4 Å². The van der Waals surface area contributed by atoms with Gasteiger partial charge in [0.1, 0.15) is 5.92 Å². The van der Waals surface area contributed by atoms with E-state index in [1.54, 1.807) is 31.2 Å². The van der Waals surface area contributed by atoms with Crippen LogP contribution in [0.1, 0.15) is 25.3 Å². The van der Waals surface area contributed by atoms with E-state index in [1.807, 2.05) is 0 Å². The first-order chi connectivity index (χ1) is 10.4. The van der Waals surface area contributed by atoms with E-state index in [4.69, 9.17) is 11.6 Å². The SMILES string of the molecule is CCC(O)CN1N=C(c2ccc(Cl)cc2)CC(C(=O)O)C1=O. The van der Waals surface area contributed by atoms with Crippen LogP contribution >= 0.6 is 11.6 Å². The molecule has 1 aliphatic rings. The molecule has 0 aromatic heterocycles. The van der Waals surface area contributed by atoms with Gasteiger partial charge in [-0.2, -0.15) is 5.10 Å². The molecule has 118 valence electrons. The molecule has 1 amide bonds. The van der Waals surface area contributed by atoms with E-state index in [0.29, 0.717) is 22.7 Å². The van der Waals surface area contributed by atoms with Crippen LogP contribution in [0, 0.1) is 5.92 Å². The molecule has 6 nitrogen and oxygen atoms in total. The number of carbonyl (C=O) groups excluding carboxylic acids is 1. The lowest BCUT2D eigenvalue weighted by molar-refractivity contribution is -0.152. The van der Waals surface area contributed by atoms with Crippen LogP contribution < -0.4 is 0 Å². The lowest BCUT2D eigenvalue weighted by atomic mass is 9.95. The van der Waals surface area contributed by atoms with Crippen LogP contribution in [0.3, 0.4) is 0 Å². The molecule has 0 bridgehead atoms. The monoisotopic (exact) mass is 324 g/mol. The second-order valence-corrected chi connectivity index (χ2v) is 5.57. The van der Waals surface area contributed by atoms with E-state index in [9.17, 15) is 19.8 Å². The van der Waals surface area contributed by atoms with Crippen LogP contribution in [-0.2, 0) is 9.59 Å². The Hall–Kier alpha value is -1.92. The fraction of sp³-hybridized carbons (Fsp3) is 0.400. The summed E-state index contributed by atoms with van der Waals surface area (Å²) in [6, 6.07) is 6.81. The van der Waals surface area contributed by atoms with Crippen LogP contribution in [0.5, 0.6) is 0 Å². The number of carbonyl (C=O) groups is 2. The van der Waals surface area contributed by atoms with Gasteiger partial charge >= 0.3 is 5.97 Å². The second-order valence-electron chi connectivity index (χ2n) is 5.13. The minimum atomic E-state index is -1.19. The molecule has 2 N–H and O–H groups in total. The average Bonchev–Trinajstić information content (AvgIpc) is 2.49. The smallest absolute Gasteiger partial charge is 0.316 e. The molecule has 22 heavy (non-hydrogen) atoms. The highest BCUT2D eigenvalue weighted by atomic mass is 35.5. The van der Waals surface area contributed by atoms with Crippen molar-refractivity contribution in [1.82, 2.24) is 5.01 Å². The van der Waals surface area contributed by atoms with E-state index >= 15 is 0 Å². The quantitative estimate of drug-likeness (QED) is 0.807. The van der Waals surface area contributed by atoms with Crippen LogP contribution in [0.2, 0.25) is 5.02 Å². The Morgan fingerprint density at radius 3 is 2.64 bits per heavy atom. The summed E-state index contributed by atoms with van der Waals surface area (Å²) in [7, 11) is 0. The van der Waals surface area contributed by atoms with Gasteiger partial charge in [-0.3, -0.25) is 9.59 Å². The third-order valence-corrected chi connectivity index (χ3v) is 3.77. The molecule has 2 unspecified atom stereocenters. The van der Waals surface area contributed by atoms with Gasteiger partial charge in [-0.05, 0) is 24.1 Å². The van der Waals surface area contributed by atoms with Crippen molar-refractivity contribution in [3.05, 3.63) is 34.9 Å². The first-order valence-corrected chi connectivity index (χ1v) is 7.35. The van der Waals surface area contributed by atoms with Crippen molar-refractivity contribution in [2.45, 2.75) is 25.9 Å². The largest absolute Gasteiger partial charge is 0.481 e. The number of rotatable bonds is 5. The Morgan fingerprint density at radius 2 is 2.09 bits per heavy atom. The number of nitrogens with zero attached hydrogens (tertiary/aromatic N) is 2. The zero-order valence-corrected chi connectivity index (χ0v) is 12.8. The summed E-state index contributed by atoms with van der Waals surface area (Å²) in [4.78, 5) is 23.5. The van der Waals surface area contributed by atoms with E-state index in [-0.39, 0.29) is 13.0 Å². The number of carboxylic acids is 1. The van der Waals surface area contributed by atoms with Crippen molar-refractivity contribution in [2.75, 3.05) is 6.54 Å². The number of halogens is 1. The van der Waals surface area contributed by atoms with Crippen molar-refractivity contribution in [3.8, 4) is 0 Å². The third-order valence-electron chi connectivity index (χ3n) is 3.52. The molecular weight excluding hydrogens is 308 g/mol. The maximum atomic E-state index is 12.2. The highest BCUT2D eigenvalue weighted by molar-refractivity contribution is 6.30. The Morgan fingerprint density at radius 1 is 1.45 bits per heavy atom. The van der Waals surface area contributed by atoms with Crippen LogP contribution in [0.4, 0.5) is 0 Å². The first-order valence-electron chi connectivity index (χ1n) is 6.98. The minimum absolute atomic E-state index is 0.0177. The standard InChI is InChI=1S/C15H17ClN2O4/c1-2-11(19)8-18-14(20)12(15(21)22)7-13(17-18)9-3-5-10(16)6-4-9/h3-6,11-12,19H,2,7-8H2,1H3,(H,21,22). The lowest BCUT2D eigenvalue weighted by Crippen LogP contribution is -2.45. The summed E-state index contributed by atoms with van der Waals surface area (Å²) in [5.41, 5.74) is 1.20. The van der Waals surface area contributed by atoms with Crippen molar-refractivity contribution < 1.29 is 19.8 Å². The number of amides is 1. The summed E-state index contributed by atoms with van der Waals surface area (Å²) in [6.45, 7) is 1.76. The zero-order valence-electron chi connectivity index (χ0n) is 12.1. The zero-order chi connectivity index (χ0) is 16.3. The summed E-state index contributed by atoms with van der Waals surface area (Å²) < 4.78 is 0. The van der Waals surface area contributed by atoms with Gasteiger partial charge in [0.2, 0.25) is 0 Å². The molecule has 2 rings (SSSR count). The summed E-state index contributed by atoms with van der Waals surface area (Å²) in [6.07, 6.45) is -0.270. The maximum absolute atomic E-state index is 12.2. The number of hydrazone groups is 1. The summed E-state index contributed by atoms with van der Waals surface area (Å²) in [5, 5.41) is 24.8. The molecule has 1 heterocycles. The topological polar surface area (TPSA) is 90.2 Å². The number of hydrogen-bond acceptors (Lipinski definition) is 4. The number of aliphatic hydroxyl groups excluding tert-OH is 1. The lowest BCUT2D eigenvalue weighted by Gasteiger charge is -2.28. The van der Waals surface area contributed by atoms with E-state index in [2.05, 4.69) is 5.10 Å². The van der Waals surface area contributed by atoms with Gasteiger partial charge in [0.05, 0.1) is 18.4 Å². The van der Waals surface area contributed by atoms with E-state index in [1.165, 1.54) is 0 Å². The van der Waals surface area contributed by atoms with Gasteiger partial charge in [0.15, 0.2) is 0 Å². The molecule has 1 aromatic carbocycles. The second kappa shape index (κ2) is 6.89. The van der Waals surface area contributed by atoms with Gasteiger partial charge in [-0.25, -0.2) is 5.01 Å². The van der Waals surface area contributed by atoms with Gasteiger partial charge in [-0.15, -0.1) is 0 Å². The fourth-order valence-electron chi connectivity index (χ4n) is 2.17. The first kappa shape index (κ1) is 16.5. The number of aliphatic carboxylic acids is 1.